The molecule has 62 valence electrons. The molecular weight excluding hydrogens is 148 g/mol. The van der Waals surface area contributed by atoms with Gasteiger partial charge in [-0.3, -0.25) is 4.98 Å². The van der Waals surface area contributed by atoms with Gasteiger partial charge in [0.05, 0.1) is 11.5 Å². The molecule has 2 nitrogen and oxygen atoms in total. The number of nitrogens with zero attached hydrogens (tertiary/aromatic N) is 2. The lowest BCUT2D eigenvalue weighted by Gasteiger charge is -2.17. The fourth-order valence-electron chi connectivity index (χ4n) is 1.18. The van der Waals surface area contributed by atoms with Crippen molar-refractivity contribution in [1.82, 2.24) is 4.98 Å². The smallest absolute Gasteiger partial charge is 0.0783 e. The third-order valence-corrected chi connectivity index (χ3v) is 1.99. The summed E-state index contributed by atoms with van der Waals surface area (Å²) in [4.78, 5) is 4.01. The highest BCUT2D eigenvalue weighted by atomic mass is 14.6. The Labute approximate surface area is 72.9 Å². The van der Waals surface area contributed by atoms with Crippen LogP contribution in [-0.4, -0.2) is 4.98 Å². The Hall–Kier alpha value is -1.36. The van der Waals surface area contributed by atoms with Crippen LogP contribution in [0.2, 0.25) is 0 Å². The number of rotatable bonds is 1. The van der Waals surface area contributed by atoms with Crippen LogP contribution in [-0.2, 0) is 5.41 Å². The number of aryl methyl sites for hydroxylation is 1. The van der Waals surface area contributed by atoms with Crippen LogP contribution < -0.4 is 0 Å². The quantitative estimate of drug-likeness (QED) is 0.631. The molecule has 0 aliphatic heterocycles. The SMILES string of the molecule is Cc1ccncc1C(C)(C)C#N. The second kappa shape index (κ2) is 2.94. The highest BCUT2D eigenvalue weighted by molar-refractivity contribution is 5.34. The molecule has 0 saturated carbocycles. The molecule has 2 heteroatoms. The summed E-state index contributed by atoms with van der Waals surface area (Å²) in [5.74, 6) is 0. The van der Waals surface area contributed by atoms with Crippen LogP contribution in [0.15, 0.2) is 18.5 Å². The van der Waals surface area contributed by atoms with Gasteiger partial charge in [0.25, 0.3) is 0 Å². The molecule has 12 heavy (non-hydrogen) atoms. The van der Waals surface area contributed by atoms with Crippen LogP contribution >= 0.6 is 0 Å². The van der Waals surface area contributed by atoms with E-state index in [4.69, 9.17) is 5.26 Å². The first-order chi connectivity index (χ1) is 5.58. The predicted octanol–water partition coefficient (Wildman–Crippen LogP) is 2.19. The first-order valence-electron chi connectivity index (χ1n) is 3.90. The summed E-state index contributed by atoms with van der Waals surface area (Å²) in [5.41, 5.74) is 1.70. The van der Waals surface area contributed by atoms with E-state index in [0.29, 0.717) is 0 Å². The largest absolute Gasteiger partial charge is 0.264 e. The summed E-state index contributed by atoms with van der Waals surface area (Å²) in [5, 5.41) is 8.89. The first kappa shape index (κ1) is 8.73. The zero-order valence-electron chi connectivity index (χ0n) is 7.63. The van der Waals surface area contributed by atoms with Crippen molar-refractivity contribution in [3.05, 3.63) is 29.6 Å². The topological polar surface area (TPSA) is 36.7 Å². The van der Waals surface area contributed by atoms with Gasteiger partial charge in [-0.25, -0.2) is 0 Å². The Bertz CT molecular complexity index is 321. The van der Waals surface area contributed by atoms with Crippen molar-refractivity contribution < 1.29 is 0 Å². The van der Waals surface area contributed by atoms with Crippen LogP contribution in [0.25, 0.3) is 0 Å². The van der Waals surface area contributed by atoms with Gasteiger partial charge in [-0.05, 0) is 38.0 Å². The maximum absolute atomic E-state index is 8.89. The third kappa shape index (κ3) is 1.45. The molecule has 0 saturated heterocycles. The maximum Gasteiger partial charge on any atom is 0.0783 e. The lowest BCUT2D eigenvalue weighted by molar-refractivity contribution is 0.677. The maximum atomic E-state index is 8.89. The number of hydrogen-bond donors (Lipinski definition) is 0. The van der Waals surface area contributed by atoms with Gasteiger partial charge in [-0.2, -0.15) is 5.26 Å². The summed E-state index contributed by atoms with van der Waals surface area (Å²) < 4.78 is 0. The third-order valence-electron chi connectivity index (χ3n) is 1.99. The Kier molecular flexibility index (Phi) is 2.14. The van der Waals surface area contributed by atoms with Crippen molar-refractivity contribution in [3.8, 4) is 6.07 Å². The summed E-state index contributed by atoms with van der Waals surface area (Å²) in [6, 6.07) is 4.18. The number of aromatic nitrogens is 1. The van der Waals surface area contributed by atoms with Gasteiger partial charge in [0, 0.05) is 12.4 Å². The van der Waals surface area contributed by atoms with E-state index in [0.717, 1.165) is 11.1 Å². The predicted molar refractivity (Wildman–Crippen MR) is 47.6 cm³/mol. The van der Waals surface area contributed by atoms with Gasteiger partial charge in [-0.15, -0.1) is 0 Å². The average molecular weight is 160 g/mol. The molecule has 0 aliphatic carbocycles. The van der Waals surface area contributed by atoms with Gasteiger partial charge >= 0.3 is 0 Å². The Morgan fingerprint density at radius 3 is 2.67 bits per heavy atom. The van der Waals surface area contributed by atoms with Gasteiger partial charge < -0.3 is 0 Å². The monoisotopic (exact) mass is 160 g/mol. The molecule has 1 aromatic rings. The van der Waals surface area contributed by atoms with Crippen molar-refractivity contribution >= 4 is 0 Å². The van der Waals surface area contributed by atoms with Crippen molar-refractivity contribution in [3.63, 3.8) is 0 Å². The van der Waals surface area contributed by atoms with Gasteiger partial charge in [0.1, 0.15) is 0 Å². The fourth-order valence-corrected chi connectivity index (χ4v) is 1.18. The molecule has 0 aromatic carbocycles. The van der Waals surface area contributed by atoms with E-state index in [-0.39, 0.29) is 0 Å². The molecule has 1 aromatic heterocycles. The van der Waals surface area contributed by atoms with E-state index in [1.54, 1.807) is 12.4 Å². The second-order valence-corrected chi connectivity index (χ2v) is 3.43. The molecular formula is C10H12N2. The van der Waals surface area contributed by atoms with Crippen molar-refractivity contribution in [2.45, 2.75) is 26.2 Å². The van der Waals surface area contributed by atoms with E-state index in [9.17, 15) is 0 Å². The van der Waals surface area contributed by atoms with Gasteiger partial charge in [0.15, 0.2) is 0 Å². The number of pyridine rings is 1. The molecule has 0 spiro atoms. The number of nitriles is 1. The zero-order chi connectivity index (χ0) is 9.19. The minimum absolute atomic E-state index is 0.432. The Morgan fingerprint density at radius 1 is 1.50 bits per heavy atom. The van der Waals surface area contributed by atoms with Crippen LogP contribution in [0.1, 0.15) is 25.0 Å². The molecule has 0 N–H and O–H groups in total. The minimum atomic E-state index is -0.432. The minimum Gasteiger partial charge on any atom is -0.264 e. The summed E-state index contributed by atoms with van der Waals surface area (Å²) in [7, 11) is 0. The van der Waals surface area contributed by atoms with Crippen molar-refractivity contribution in [2.24, 2.45) is 0 Å². The van der Waals surface area contributed by atoms with E-state index in [2.05, 4.69) is 11.1 Å². The van der Waals surface area contributed by atoms with Crippen molar-refractivity contribution in [1.29, 1.82) is 5.26 Å². The van der Waals surface area contributed by atoms with E-state index < -0.39 is 5.41 Å². The van der Waals surface area contributed by atoms with E-state index in [1.165, 1.54) is 0 Å². The molecule has 1 heterocycles. The molecule has 0 aliphatic rings. The van der Waals surface area contributed by atoms with Gasteiger partial charge in [0.2, 0.25) is 0 Å². The van der Waals surface area contributed by atoms with Gasteiger partial charge in [-0.1, -0.05) is 0 Å². The molecule has 1 rings (SSSR count). The van der Waals surface area contributed by atoms with Crippen LogP contribution in [0.3, 0.4) is 0 Å². The molecule has 0 fully saturated rings. The van der Waals surface area contributed by atoms with Crippen LogP contribution in [0.4, 0.5) is 0 Å². The number of hydrogen-bond acceptors (Lipinski definition) is 2. The normalized spacial score (nSPS) is 10.8. The van der Waals surface area contributed by atoms with Crippen molar-refractivity contribution in [2.75, 3.05) is 0 Å². The highest BCUT2D eigenvalue weighted by Crippen LogP contribution is 2.23. The fraction of sp³-hybridized carbons (Fsp3) is 0.400. The first-order valence-corrected chi connectivity index (χ1v) is 3.90. The summed E-state index contributed by atoms with van der Waals surface area (Å²) >= 11 is 0. The average Bonchev–Trinajstić information content (AvgIpc) is 2.05. The standard InChI is InChI=1S/C10H12N2/c1-8-4-5-12-6-9(8)10(2,3)7-11/h4-6H,1-3H3. The van der Waals surface area contributed by atoms with E-state index >= 15 is 0 Å². The van der Waals surface area contributed by atoms with E-state index in [1.807, 2.05) is 26.8 Å². The zero-order valence-corrected chi connectivity index (χ0v) is 7.63. The molecule has 0 unspecified atom stereocenters. The summed E-state index contributed by atoms with van der Waals surface area (Å²) in [6.45, 7) is 5.80. The Balaban J connectivity index is 3.22. The molecule has 0 bridgehead atoms. The van der Waals surface area contributed by atoms with Crippen LogP contribution in [0, 0.1) is 18.3 Å². The lowest BCUT2D eigenvalue weighted by Crippen LogP contribution is -2.15. The Morgan fingerprint density at radius 2 is 2.17 bits per heavy atom. The molecule has 0 amide bonds. The summed E-state index contributed by atoms with van der Waals surface area (Å²) in [6.07, 6.45) is 3.50. The molecule has 0 radical (unpaired) electrons. The van der Waals surface area contributed by atoms with Crippen LogP contribution in [0.5, 0.6) is 0 Å². The second-order valence-electron chi connectivity index (χ2n) is 3.43. The highest BCUT2D eigenvalue weighted by Gasteiger charge is 2.21. The molecule has 0 atom stereocenters. The lowest BCUT2D eigenvalue weighted by atomic mass is 9.85.